The van der Waals surface area contributed by atoms with Gasteiger partial charge in [0.15, 0.2) is 0 Å². The maximum Gasteiger partial charge on any atom is 0.322 e. The van der Waals surface area contributed by atoms with Crippen LogP contribution in [0.5, 0.6) is 0 Å². The maximum absolute atomic E-state index is 10.6. The van der Waals surface area contributed by atoms with Crippen molar-refractivity contribution >= 4 is 12.1 Å². The Bertz CT molecular complexity index is 166. The molecule has 0 aromatic rings. The van der Waals surface area contributed by atoms with E-state index in [1.807, 2.05) is 0 Å². The van der Waals surface area contributed by atoms with Gasteiger partial charge in [0.05, 0.1) is 6.54 Å². The van der Waals surface area contributed by atoms with Crippen LogP contribution in [0, 0.1) is 0 Å². The van der Waals surface area contributed by atoms with Crippen molar-refractivity contribution in [3.05, 3.63) is 0 Å². The van der Waals surface area contributed by atoms with Crippen molar-refractivity contribution in [1.82, 2.24) is 10.6 Å². The van der Waals surface area contributed by atoms with Gasteiger partial charge in [0.2, 0.25) is 0 Å². The fourth-order valence-corrected chi connectivity index (χ4v) is 0.570. The lowest BCUT2D eigenvalue weighted by molar-refractivity contribution is 0.243. The summed E-state index contributed by atoms with van der Waals surface area (Å²) in [5.74, 6) is 0. The largest absolute Gasteiger partial charge is 0.463 e. The van der Waals surface area contributed by atoms with Gasteiger partial charge in [0.25, 0.3) is 6.02 Å². The summed E-state index contributed by atoms with van der Waals surface area (Å²) >= 11 is 0. The summed E-state index contributed by atoms with van der Waals surface area (Å²) in [5.41, 5.74) is 0. The summed E-state index contributed by atoms with van der Waals surface area (Å²) in [6.07, 6.45) is 0. The summed E-state index contributed by atoms with van der Waals surface area (Å²) in [7, 11) is 1.53. The molecular weight excluding hydrogens is 134 g/mol. The van der Waals surface area contributed by atoms with E-state index in [-0.39, 0.29) is 6.03 Å². The Morgan fingerprint density at radius 1 is 1.80 bits per heavy atom. The zero-order valence-corrected chi connectivity index (χ0v) is 5.68. The van der Waals surface area contributed by atoms with Crippen LogP contribution in [-0.4, -0.2) is 32.3 Å². The summed E-state index contributed by atoms with van der Waals surface area (Å²) in [5, 5.41) is 4.79. The third-order valence-corrected chi connectivity index (χ3v) is 1.03. The number of nitrogens with zero attached hydrogens (tertiary/aromatic N) is 1. The van der Waals surface area contributed by atoms with Gasteiger partial charge in [-0.3, -0.25) is 5.32 Å². The molecule has 0 spiro atoms. The highest BCUT2D eigenvalue weighted by molar-refractivity contribution is 5.93. The molecule has 1 aliphatic heterocycles. The summed E-state index contributed by atoms with van der Waals surface area (Å²) in [4.78, 5) is 14.4. The van der Waals surface area contributed by atoms with E-state index < -0.39 is 0 Å². The highest BCUT2D eigenvalue weighted by Gasteiger charge is 2.08. The number of hydrogen-bond acceptors (Lipinski definition) is 3. The number of amidine groups is 1. The number of urea groups is 1. The molecule has 0 bridgehead atoms. The molecule has 2 amide bonds. The number of amides is 2. The van der Waals surface area contributed by atoms with Crippen molar-refractivity contribution in [2.75, 3.05) is 20.2 Å². The first-order valence-electron chi connectivity index (χ1n) is 2.99. The van der Waals surface area contributed by atoms with Crippen LogP contribution in [0.25, 0.3) is 0 Å². The van der Waals surface area contributed by atoms with Crippen LogP contribution >= 0.6 is 0 Å². The van der Waals surface area contributed by atoms with Crippen molar-refractivity contribution in [3.63, 3.8) is 0 Å². The van der Waals surface area contributed by atoms with Crippen LogP contribution in [-0.2, 0) is 4.74 Å². The standard InChI is InChI=1S/C5H9N3O2/c1-6-4(9)8-5-7-2-3-10-5/h2-3H2,1H3,(H2,6,7,8,9). The molecule has 1 heterocycles. The minimum atomic E-state index is -0.305. The lowest BCUT2D eigenvalue weighted by atomic mass is 10.8. The molecular formula is C5H9N3O2. The van der Waals surface area contributed by atoms with Crippen LogP contribution in [0.1, 0.15) is 0 Å². The predicted octanol–water partition coefficient (Wildman–Crippen LogP) is -0.698. The third-order valence-electron chi connectivity index (χ3n) is 1.03. The van der Waals surface area contributed by atoms with Crippen molar-refractivity contribution in [2.45, 2.75) is 0 Å². The number of nitrogens with one attached hydrogen (secondary N) is 2. The van der Waals surface area contributed by atoms with Gasteiger partial charge < -0.3 is 10.1 Å². The van der Waals surface area contributed by atoms with E-state index in [4.69, 9.17) is 4.74 Å². The van der Waals surface area contributed by atoms with E-state index in [9.17, 15) is 4.79 Å². The molecule has 5 heteroatoms. The molecule has 5 nitrogen and oxygen atoms in total. The third kappa shape index (κ3) is 1.61. The number of ether oxygens (including phenoxy) is 1. The fraction of sp³-hybridized carbons (Fsp3) is 0.600. The first-order valence-corrected chi connectivity index (χ1v) is 2.99. The van der Waals surface area contributed by atoms with Gasteiger partial charge in [-0.15, -0.1) is 0 Å². The average Bonchev–Trinajstić information content (AvgIpc) is 2.40. The minimum absolute atomic E-state index is 0.305. The molecule has 0 aromatic heterocycles. The molecule has 0 unspecified atom stereocenters. The zero-order valence-electron chi connectivity index (χ0n) is 5.68. The van der Waals surface area contributed by atoms with Crippen LogP contribution in [0.2, 0.25) is 0 Å². The Balaban J connectivity index is 2.30. The van der Waals surface area contributed by atoms with Gasteiger partial charge in [-0.2, -0.15) is 0 Å². The van der Waals surface area contributed by atoms with Gasteiger partial charge in [0, 0.05) is 7.05 Å². The number of carbonyl (C=O) groups excluding carboxylic acids is 1. The topological polar surface area (TPSA) is 62.7 Å². The summed E-state index contributed by atoms with van der Waals surface area (Å²) in [6.45, 7) is 1.18. The lowest BCUT2D eigenvalue weighted by Gasteiger charge is -2.01. The Morgan fingerprint density at radius 2 is 2.60 bits per heavy atom. The van der Waals surface area contributed by atoms with E-state index >= 15 is 0 Å². The number of hydrogen-bond donors (Lipinski definition) is 2. The molecule has 1 aliphatic rings. The second kappa shape index (κ2) is 3.05. The zero-order chi connectivity index (χ0) is 7.40. The molecule has 0 saturated heterocycles. The number of aliphatic imine (C=N–C) groups is 1. The Labute approximate surface area is 58.5 Å². The molecule has 56 valence electrons. The number of carbonyl (C=O) groups is 1. The van der Waals surface area contributed by atoms with Crippen LogP contribution in [0.4, 0.5) is 4.79 Å². The summed E-state index contributed by atoms with van der Waals surface area (Å²) < 4.78 is 4.90. The predicted molar refractivity (Wildman–Crippen MR) is 35.8 cm³/mol. The van der Waals surface area contributed by atoms with Crippen LogP contribution < -0.4 is 10.6 Å². The molecule has 0 aromatic carbocycles. The monoisotopic (exact) mass is 143 g/mol. The van der Waals surface area contributed by atoms with E-state index in [1.165, 1.54) is 7.05 Å². The molecule has 1 rings (SSSR count). The molecule has 0 aliphatic carbocycles. The molecule has 0 atom stereocenters. The quantitative estimate of drug-likeness (QED) is 0.471. The highest BCUT2D eigenvalue weighted by atomic mass is 16.5. The van der Waals surface area contributed by atoms with Gasteiger partial charge in [-0.05, 0) is 0 Å². The Kier molecular flexibility index (Phi) is 2.09. The van der Waals surface area contributed by atoms with E-state index in [0.29, 0.717) is 19.2 Å². The first-order chi connectivity index (χ1) is 4.83. The Hall–Kier alpha value is -1.26. The van der Waals surface area contributed by atoms with Gasteiger partial charge in [0.1, 0.15) is 6.61 Å². The average molecular weight is 143 g/mol. The van der Waals surface area contributed by atoms with Crippen molar-refractivity contribution in [2.24, 2.45) is 4.99 Å². The van der Waals surface area contributed by atoms with Gasteiger partial charge in [-0.1, -0.05) is 0 Å². The van der Waals surface area contributed by atoms with E-state index in [1.54, 1.807) is 0 Å². The fourth-order valence-electron chi connectivity index (χ4n) is 0.570. The second-order valence-corrected chi connectivity index (χ2v) is 1.74. The number of rotatable bonds is 0. The van der Waals surface area contributed by atoms with Gasteiger partial charge >= 0.3 is 6.03 Å². The molecule has 10 heavy (non-hydrogen) atoms. The molecule has 2 N–H and O–H groups in total. The van der Waals surface area contributed by atoms with Gasteiger partial charge in [-0.25, -0.2) is 9.79 Å². The van der Waals surface area contributed by atoms with Crippen LogP contribution in [0.15, 0.2) is 4.99 Å². The molecule has 0 radical (unpaired) electrons. The normalized spacial score (nSPS) is 15.5. The second-order valence-electron chi connectivity index (χ2n) is 1.74. The Morgan fingerprint density at radius 3 is 3.10 bits per heavy atom. The van der Waals surface area contributed by atoms with Crippen molar-refractivity contribution in [1.29, 1.82) is 0 Å². The smallest absolute Gasteiger partial charge is 0.322 e. The molecule has 0 fully saturated rings. The van der Waals surface area contributed by atoms with Crippen molar-refractivity contribution in [3.8, 4) is 0 Å². The van der Waals surface area contributed by atoms with E-state index in [0.717, 1.165) is 0 Å². The SMILES string of the molecule is CNC(=O)NC1=NCCO1. The van der Waals surface area contributed by atoms with Crippen molar-refractivity contribution < 1.29 is 9.53 Å². The summed E-state index contributed by atoms with van der Waals surface area (Å²) in [6, 6.07) is 0.000000000000000222. The lowest BCUT2D eigenvalue weighted by Crippen LogP contribution is -2.37. The van der Waals surface area contributed by atoms with E-state index in [2.05, 4.69) is 15.6 Å². The molecule has 0 saturated carbocycles. The highest BCUT2D eigenvalue weighted by Crippen LogP contribution is 1.89. The van der Waals surface area contributed by atoms with Crippen LogP contribution in [0.3, 0.4) is 0 Å². The minimum Gasteiger partial charge on any atom is -0.463 e. The maximum atomic E-state index is 10.6. The first kappa shape index (κ1) is 6.85.